The van der Waals surface area contributed by atoms with E-state index >= 15 is 0 Å². The maximum atomic E-state index is 12.5. The van der Waals surface area contributed by atoms with Crippen LogP contribution in [0.4, 0.5) is 11.4 Å². The van der Waals surface area contributed by atoms with Crippen molar-refractivity contribution < 1.29 is 14.5 Å². The molecular formula is C24H15IN4O4. The van der Waals surface area contributed by atoms with Gasteiger partial charge in [-0.2, -0.15) is 10.5 Å². The summed E-state index contributed by atoms with van der Waals surface area (Å²) >= 11 is 2.08. The van der Waals surface area contributed by atoms with E-state index in [9.17, 15) is 25.4 Å². The number of ether oxygens (including phenoxy) is 1. The molecule has 8 nitrogen and oxygen atoms in total. The molecule has 162 valence electrons. The quantitative estimate of drug-likeness (QED) is 0.142. The van der Waals surface area contributed by atoms with Crippen molar-refractivity contribution in [3.05, 3.63) is 103 Å². The first-order valence-electron chi connectivity index (χ1n) is 9.49. The number of nitriles is 2. The molecule has 0 fully saturated rings. The Labute approximate surface area is 203 Å². The minimum atomic E-state index is -0.679. The molecular weight excluding hydrogens is 535 g/mol. The first-order chi connectivity index (χ1) is 15.9. The number of rotatable bonds is 7. The molecule has 0 aliphatic heterocycles. The molecule has 0 spiro atoms. The second-order valence-electron chi connectivity index (χ2n) is 6.68. The number of halogens is 1. The van der Waals surface area contributed by atoms with Crippen molar-refractivity contribution in [3.63, 3.8) is 0 Å². The molecule has 0 atom stereocenters. The number of amides is 1. The van der Waals surface area contributed by atoms with E-state index in [2.05, 4.69) is 34.0 Å². The smallest absolute Gasteiger partial charge is 0.271 e. The summed E-state index contributed by atoms with van der Waals surface area (Å²) in [6.45, 7) is 0.226. The van der Waals surface area contributed by atoms with Gasteiger partial charge in [0.05, 0.1) is 20.1 Å². The SMILES string of the molecule is N#C/C(=C\c1ccc(OCc2ccccc2C#N)c(I)c1)C(=O)Nc1cccc([N+](=O)[O-])c1. The molecule has 0 unspecified atom stereocenters. The van der Waals surface area contributed by atoms with E-state index in [4.69, 9.17) is 4.74 Å². The summed E-state index contributed by atoms with van der Waals surface area (Å²) in [5, 5.41) is 32.0. The van der Waals surface area contributed by atoms with Gasteiger partial charge in [-0.3, -0.25) is 14.9 Å². The van der Waals surface area contributed by atoms with Crippen molar-refractivity contribution >= 4 is 45.9 Å². The van der Waals surface area contributed by atoms with Crippen molar-refractivity contribution in [2.75, 3.05) is 5.32 Å². The molecule has 1 N–H and O–H groups in total. The van der Waals surface area contributed by atoms with Gasteiger partial charge in [0.15, 0.2) is 0 Å². The summed E-state index contributed by atoms with van der Waals surface area (Å²) in [4.78, 5) is 22.8. The first-order valence-corrected chi connectivity index (χ1v) is 10.6. The van der Waals surface area contributed by atoms with E-state index in [1.807, 2.05) is 18.2 Å². The van der Waals surface area contributed by atoms with Crippen LogP contribution in [0.5, 0.6) is 5.75 Å². The van der Waals surface area contributed by atoms with Gasteiger partial charge in [-0.05, 0) is 58.5 Å². The number of carbonyl (C=O) groups excluding carboxylic acids is 1. The molecule has 3 aromatic rings. The van der Waals surface area contributed by atoms with E-state index in [1.54, 1.807) is 30.3 Å². The van der Waals surface area contributed by atoms with Gasteiger partial charge in [0.1, 0.15) is 24.0 Å². The van der Waals surface area contributed by atoms with Gasteiger partial charge < -0.3 is 10.1 Å². The largest absolute Gasteiger partial charge is 0.488 e. The number of nitro benzene ring substituents is 1. The number of benzene rings is 3. The summed E-state index contributed by atoms with van der Waals surface area (Å²) in [6, 6.07) is 21.8. The lowest BCUT2D eigenvalue weighted by Crippen LogP contribution is -2.13. The highest BCUT2D eigenvalue weighted by molar-refractivity contribution is 14.1. The fourth-order valence-corrected chi connectivity index (χ4v) is 3.54. The molecule has 0 aromatic heterocycles. The normalized spacial score (nSPS) is 10.6. The Morgan fingerprint density at radius 2 is 1.91 bits per heavy atom. The zero-order chi connectivity index (χ0) is 23.8. The van der Waals surface area contributed by atoms with E-state index in [0.29, 0.717) is 16.9 Å². The minimum Gasteiger partial charge on any atom is -0.488 e. The fourth-order valence-electron chi connectivity index (χ4n) is 2.85. The van der Waals surface area contributed by atoms with Gasteiger partial charge in [-0.25, -0.2) is 0 Å². The van der Waals surface area contributed by atoms with E-state index in [1.165, 1.54) is 30.3 Å². The van der Waals surface area contributed by atoms with Crippen LogP contribution in [0.1, 0.15) is 16.7 Å². The Morgan fingerprint density at radius 3 is 2.61 bits per heavy atom. The topological polar surface area (TPSA) is 129 Å². The van der Waals surface area contributed by atoms with Gasteiger partial charge >= 0.3 is 0 Å². The van der Waals surface area contributed by atoms with Crippen LogP contribution in [-0.2, 0) is 11.4 Å². The molecule has 3 aromatic carbocycles. The molecule has 1 amide bonds. The Bertz CT molecular complexity index is 1340. The molecule has 9 heteroatoms. The summed E-state index contributed by atoms with van der Waals surface area (Å²) in [7, 11) is 0. The number of nitro groups is 1. The number of anilines is 1. The van der Waals surface area contributed by atoms with Crippen LogP contribution < -0.4 is 10.1 Å². The number of hydrogen-bond donors (Lipinski definition) is 1. The third-order valence-electron chi connectivity index (χ3n) is 4.47. The molecule has 0 saturated heterocycles. The highest BCUT2D eigenvalue weighted by atomic mass is 127. The standard InChI is InChI=1S/C24H15IN4O4/c25-22-11-16(8-9-23(22)33-15-18-5-2-1-4-17(18)13-26)10-19(14-27)24(30)28-20-6-3-7-21(12-20)29(31)32/h1-12H,15H2,(H,28,30)/b19-10+. The number of non-ortho nitro benzene ring substituents is 1. The molecule has 3 rings (SSSR count). The van der Waals surface area contributed by atoms with Crippen LogP contribution in [0, 0.1) is 36.3 Å². The van der Waals surface area contributed by atoms with Gasteiger partial charge in [0.2, 0.25) is 0 Å². The zero-order valence-corrected chi connectivity index (χ0v) is 19.1. The van der Waals surface area contributed by atoms with Crippen LogP contribution in [0.2, 0.25) is 0 Å². The van der Waals surface area contributed by atoms with Crippen LogP contribution in [0.25, 0.3) is 6.08 Å². The average molecular weight is 550 g/mol. The summed E-state index contributed by atoms with van der Waals surface area (Å²) < 4.78 is 6.59. The van der Waals surface area contributed by atoms with E-state index in [-0.39, 0.29) is 23.6 Å². The van der Waals surface area contributed by atoms with Crippen LogP contribution >= 0.6 is 22.6 Å². The zero-order valence-electron chi connectivity index (χ0n) is 17.0. The van der Waals surface area contributed by atoms with Crippen LogP contribution in [-0.4, -0.2) is 10.8 Å². The molecule has 0 bridgehead atoms. The van der Waals surface area contributed by atoms with Crippen LogP contribution in [0.15, 0.2) is 72.3 Å². The molecule has 0 heterocycles. The van der Waals surface area contributed by atoms with Crippen molar-refractivity contribution in [3.8, 4) is 17.9 Å². The molecule has 33 heavy (non-hydrogen) atoms. The van der Waals surface area contributed by atoms with Gasteiger partial charge in [-0.15, -0.1) is 0 Å². The van der Waals surface area contributed by atoms with E-state index < -0.39 is 10.8 Å². The van der Waals surface area contributed by atoms with Crippen molar-refractivity contribution in [1.82, 2.24) is 0 Å². The minimum absolute atomic E-state index is 0.158. The monoisotopic (exact) mass is 550 g/mol. The molecule has 0 aliphatic rings. The van der Waals surface area contributed by atoms with Crippen molar-refractivity contribution in [2.45, 2.75) is 6.61 Å². The lowest BCUT2D eigenvalue weighted by Gasteiger charge is -2.10. The number of nitrogens with one attached hydrogen (secondary N) is 1. The van der Waals surface area contributed by atoms with Crippen LogP contribution in [0.3, 0.4) is 0 Å². The highest BCUT2D eigenvalue weighted by Gasteiger charge is 2.13. The first kappa shape index (κ1) is 23.4. The Balaban J connectivity index is 1.73. The van der Waals surface area contributed by atoms with Crippen molar-refractivity contribution in [1.29, 1.82) is 10.5 Å². The number of carbonyl (C=O) groups is 1. The predicted molar refractivity (Wildman–Crippen MR) is 130 cm³/mol. The summed E-state index contributed by atoms with van der Waals surface area (Å²) in [5.74, 6) is -0.0820. The summed E-state index contributed by atoms with van der Waals surface area (Å²) in [6.07, 6.45) is 1.42. The predicted octanol–water partition coefficient (Wildman–Crippen LogP) is 5.20. The van der Waals surface area contributed by atoms with Gasteiger partial charge in [-0.1, -0.05) is 30.3 Å². The van der Waals surface area contributed by atoms with E-state index in [0.717, 1.165) is 9.13 Å². The number of hydrogen-bond acceptors (Lipinski definition) is 6. The Hall–Kier alpha value is -4.22. The van der Waals surface area contributed by atoms with Gasteiger partial charge in [0, 0.05) is 23.4 Å². The number of nitrogens with zero attached hydrogens (tertiary/aromatic N) is 3. The molecule has 0 saturated carbocycles. The fraction of sp³-hybridized carbons (Fsp3) is 0.0417. The maximum Gasteiger partial charge on any atom is 0.271 e. The lowest BCUT2D eigenvalue weighted by atomic mass is 10.1. The third kappa shape index (κ3) is 6.15. The molecule has 0 aliphatic carbocycles. The third-order valence-corrected chi connectivity index (χ3v) is 5.31. The van der Waals surface area contributed by atoms with Crippen molar-refractivity contribution in [2.24, 2.45) is 0 Å². The second-order valence-corrected chi connectivity index (χ2v) is 7.84. The maximum absolute atomic E-state index is 12.5. The van der Waals surface area contributed by atoms with Gasteiger partial charge in [0.25, 0.3) is 11.6 Å². The second kappa shape index (κ2) is 10.9. The lowest BCUT2D eigenvalue weighted by molar-refractivity contribution is -0.384. The average Bonchev–Trinajstić information content (AvgIpc) is 2.82. The summed E-state index contributed by atoms with van der Waals surface area (Å²) in [5.41, 5.74) is 1.80. The Kier molecular flexibility index (Phi) is 7.73. The highest BCUT2D eigenvalue weighted by Crippen LogP contribution is 2.25. The molecule has 0 radical (unpaired) electrons. The Morgan fingerprint density at radius 1 is 1.12 bits per heavy atom.